The largest absolute Gasteiger partial charge is 0.351 e. The molecule has 0 unspecified atom stereocenters. The number of halogens is 2. The quantitative estimate of drug-likeness (QED) is 0.813. The molecule has 1 saturated carbocycles. The van der Waals surface area contributed by atoms with Gasteiger partial charge in [-0.25, -0.2) is 9.37 Å². The lowest BCUT2D eigenvalue weighted by Gasteiger charge is -2.34. The molecule has 16 heavy (non-hydrogen) atoms. The van der Waals surface area contributed by atoms with Gasteiger partial charge in [-0.05, 0) is 18.9 Å². The third-order valence-corrected chi connectivity index (χ3v) is 3.52. The summed E-state index contributed by atoms with van der Waals surface area (Å²) >= 11 is 5.69. The number of nitrogens with zero attached hydrogens (tertiary/aromatic N) is 2. The fraction of sp³-hybridized carbons (Fsp3) is 0.545. The topological polar surface area (TPSA) is 28.2 Å². The molecule has 3 nitrogen and oxygen atoms in total. The van der Waals surface area contributed by atoms with Crippen molar-refractivity contribution < 1.29 is 4.39 Å². The number of rotatable bonds is 1. The first-order valence-corrected chi connectivity index (χ1v) is 5.87. The van der Waals surface area contributed by atoms with Crippen LogP contribution in [0, 0.1) is 5.82 Å². The van der Waals surface area contributed by atoms with Gasteiger partial charge in [-0.2, -0.15) is 0 Å². The van der Waals surface area contributed by atoms with E-state index in [4.69, 9.17) is 11.6 Å². The highest BCUT2D eigenvalue weighted by Crippen LogP contribution is 2.38. The standard InChI is InChI=1S/C11H13ClFN3/c12-8-5-9(13)10(14-6-8)16-4-3-15-11(7-16)1-2-11/h5-6,15H,1-4,7H2. The monoisotopic (exact) mass is 241 g/mol. The maximum absolute atomic E-state index is 13.7. The summed E-state index contributed by atoms with van der Waals surface area (Å²) in [6.07, 6.45) is 3.86. The number of pyridine rings is 1. The van der Waals surface area contributed by atoms with Crippen LogP contribution in [-0.2, 0) is 0 Å². The number of aromatic nitrogens is 1. The highest BCUT2D eigenvalue weighted by Gasteiger charge is 2.46. The van der Waals surface area contributed by atoms with Crippen molar-refractivity contribution in [2.24, 2.45) is 0 Å². The number of hydrogen-bond donors (Lipinski definition) is 1. The van der Waals surface area contributed by atoms with Gasteiger partial charge in [-0.1, -0.05) is 11.6 Å². The minimum absolute atomic E-state index is 0.228. The molecule has 1 aromatic rings. The first kappa shape index (κ1) is 10.3. The van der Waals surface area contributed by atoms with E-state index in [2.05, 4.69) is 10.3 Å². The zero-order chi connectivity index (χ0) is 11.2. The van der Waals surface area contributed by atoms with E-state index in [0.717, 1.165) is 19.6 Å². The minimum Gasteiger partial charge on any atom is -0.351 e. The van der Waals surface area contributed by atoms with E-state index in [-0.39, 0.29) is 11.4 Å². The second kappa shape index (κ2) is 3.57. The Morgan fingerprint density at radius 2 is 2.31 bits per heavy atom. The molecule has 1 N–H and O–H groups in total. The molecule has 0 atom stereocenters. The van der Waals surface area contributed by atoms with Crippen molar-refractivity contribution in [1.82, 2.24) is 10.3 Å². The first-order chi connectivity index (χ1) is 7.69. The Morgan fingerprint density at radius 1 is 1.50 bits per heavy atom. The lowest BCUT2D eigenvalue weighted by atomic mass is 10.2. The van der Waals surface area contributed by atoms with Gasteiger partial charge in [0.2, 0.25) is 0 Å². The van der Waals surface area contributed by atoms with Crippen LogP contribution in [0.15, 0.2) is 12.3 Å². The van der Waals surface area contributed by atoms with Gasteiger partial charge in [0.25, 0.3) is 0 Å². The van der Waals surface area contributed by atoms with Gasteiger partial charge in [0.05, 0.1) is 5.02 Å². The van der Waals surface area contributed by atoms with Crippen LogP contribution in [-0.4, -0.2) is 30.2 Å². The molecule has 1 aromatic heterocycles. The molecule has 2 heterocycles. The third kappa shape index (κ3) is 1.76. The van der Waals surface area contributed by atoms with Crippen LogP contribution in [0.1, 0.15) is 12.8 Å². The van der Waals surface area contributed by atoms with Gasteiger partial charge in [-0.3, -0.25) is 0 Å². The maximum atomic E-state index is 13.7. The van der Waals surface area contributed by atoms with Crippen LogP contribution in [0.25, 0.3) is 0 Å². The summed E-state index contributed by atoms with van der Waals surface area (Å²) in [7, 11) is 0. The number of nitrogens with one attached hydrogen (secondary N) is 1. The Morgan fingerprint density at radius 3 is 3.00 bits per heavy atom. The normalized spacial score (nSPS) is 22.5. The molecule has 0 amide bonds. The zero-order valence-electron chi connectivity index (χ0n) is 8.84. The van der Waals surface area contributed by atoms with Crippen molar-refractivity contribution in [3.63, 3.8) is 0 Å². The Bertz CT molecular complexity index is 420. The van der Waals surface area contributed by atoms with Crippen LogP contribution in [0.5, 0.6) is 0 Å². The summed E-state index contributed by atoms with van der Waals surface area (Å²) in [5.41, 5.74) is 0.228. The first-order valence-electron chi connectivity index (χ1n) is 5.50. The fourth-order valence-corrected chi connectivity index (χ4v) is 2.41. The maximum Gasteiger partial charge on any atom is 0.167 e. The second-order valence-electron chi connectivity index (χ2n) is 4.59. The Hall–Kier alpha value is -0.870. The van der Waals surface area contributed by atoms with E-state index >= 15 is 0 Å². The molecule has 2 fully saturated rings. The molecule has 86 valence electrons. The summed E-state index contributed by atoms with van der Waals surface area (Å²) in [6.45, 7) is 2.54. The van der Waals surface area contributed by atoms with E-state index in [1.807, 2.05) is 4.90 Å². The Labute approximate surface area is 98.6 Å². The molecule has 0 bridgehead atoms. The van der Waals surface area contributed by atoms with Gasteiger partial charge in [0, 0.05) is 31.4 Å². The van der Waals surface area contributed by atoms with Crippen LogP contribution in [0.4, 0.5) is 10.2 Å². The zero-order valence-corrected chi connectivity index (χ0v) is 9.60. The molecule has 1 saturated heterocycles. The molecule has 0 radical (unpaired) electrons. The van der Waals surface area contributed by atoms with E-state index in [1.165, 1.54) is 25.1 Å². The van der Waals surface area contributed by atoms with Gasteiger partial charge in [0.15, 0.2) is 11.6 Å². The molecule has 3 rings (SSSR count). The Balaban J connectivity index is 1.85. The molecule has 2 aliphatic rings. The highest BCUT2D eigenvalue weighted by molar-refractivity contribution is 6.30. The molecule has 1 spiro atoms. The molecule has 5 heteroatoms. The molecule has 1 aliphatic heterocycles. The van der Waals surface area contributed by atoms with Crippen molar-refractivity contribution in [1.29, 1.82) is 0 Å². The van der Waals surface area contributed by atoms with Crippen molar-refractivity contribution in [2.45, 2.75) is 18.4 Å². The van der Waals surface area contributed by atoms with E-state index < -0.39 is 0 Å². The average molecular weight is 242 g/mol. The van der Waals surface area contributed by atoms with Crippen molar-refractivity contribution in [3.8, 4) is 0 Å². The third-order valence-electron chi connectivity index (χ3n) is 3.32. The number of piperazine rings is 1. The Kier molecular flexibility index (Phi) is 2.30. The van der Waals surface area contributed by atoms with E-state index in [1.54, 1.807) is 0 Å². The lowest BCUT2D eigenvalue weighted by Crippen LogP contribution is -2.53. The van der Waals surface area contributed by atoms with Crippen LogP contribution >= 0.6 is 11.6 Å². The predicted octanol–water partition coefficient (Wildman–Crippen LogP) is 1.82. The molecular formula is C11H13ClFN3. The van der Waals surface area contributed by atoms with Crippen molar-refractivity contribution in [2.75, 3.05) is 24.5 Å². The van der Waals surface area contributed by atoms with Crippen LogP contribution < -0.4 is 10.2 Å². The van der Waals surface area contributed by atoms with Gasteiger partial charge < -0.3 is 10.2 Å². The van der Waals surface area contributed by atoms with Crippen LogP contribution in [0.2, 0.25) is 5.02 Å². The summed E-state index contributed by atoms with van der Waals surface area (Å²) in [4.78, 5) is 6.10. The number of hydrogen-bond acceptors (Lipinski definition) is 3. The average Bonchev–Trinajstić information content (AvgIpc) is 2.97. The van der Waals surface area contributed by atoms with Gasteiger partial charge in [-0.15, -0.1) is 0 Å². The summed E-state index contributed by atoms with van der Waals surface area (Å²) in [5, 5.41) is 3.83. The predicted molar refractivity (Wildman–Crippen MR) is 61.4 cm³/mol. The lowest BCUT2D eigenvalue weighted by molar-refractivity contribution is 0.435. The van der Waals surface area contributed by atoms with Crippen molar-refractivity contribution >= 4 is 17.4 Å². The molecule has 1 aliphatic carbocycles. The fourth-order valence-electron chi connectivity index (χ4n) is 2.26. The SMILES string of the molecule is Fc1cc(Cl)cnc1N1CCNC2(CC2)C1. The number of anilines is 1. The molecular weight excluding hydrogens is 229 g/mol. The van der Waals surface area contributed by atoms with Gasteiger partial charge >= 0.3 is 0 Å². The second-order valence-corrected chi connectivity index (χ2v) is 5.02. The smallest absolute Gasteiger partial charge is 0.167 e. The summed E-state index contributed by atoms with van der Waals surface area (Å²) in [5.74, 6) is 0.0994. The molecule has 0 aromatic carbocycles. The van der Waals surface area contributed by atoms with E-state index in [9.17, 15) is 4.39 Å². The van der Waals surface area contributed by atoms with Crippen LogP contribution in [0.3, 0.4) is 0 Å². The summed E-state index contributed by atoms with van der Waals surface area (Å²) in [6, 6.07) is 1.32. The van der Waals surface area contributed by atoms with E-state index in [0.29, 0.717) is 10.8 Å². The van der Waals surface area contributed by atoms with Gasteiger partial charge in [0.1, 0.15) is 0 Å². The minimum atomic E-state index is -0.329. The van der Waals surface area contributed by atoms with Crippen molar-refractivity contribution in [3.05, 3.63) is 23.1 Å². The highest BCUT2D eigenvalue weighted by atomic mass is 35.5. The summed E-state index contributed by atoms with van der Waals surface area (Å²) < 4.78 is 13.7.